The Balaban J connectivity index is 1.51. The van der Waals surface area contributed by atoms with Gasteiger partial charge in [-0.05, 0) is 49.7 Å². The van der Waals surface area contributed by atoms with Gasteiger partial charge < -0.3 is 15.1 Å². The SMILES string of the molecule is CC1CNCCC1NC(=O)CCc1ncc(-c2ccc(Cl)cc2)o1. The van der Waals surface area contributed by atoms with E-state index < -0.39 is 0 Å². The molecule has 5 nitrogen and oxygen atoms in total. The summed E-state index contributed by atoms with van der Waals surface area (Å²) in [6.45, 7) is 4.07. The van der Waals surface area contributed by atoms with Crippen molar-refractivity contribution in [2.75, 3.05) is 13.1 Å². The zero-order valence-electron chi connectivity index (χ0n) is 13.7. The molecule has 1 aromatic carbocycles. The third kappa shape index (κ3) is 4.36. The van der Waals surface area contributed by atoms with E-state index in [9.17, 15) is 4.79 Å². The monoisotopic (exact) mass is 347 g/mol. The molecule has 6 heteroatoms. The van der Waals surface area contributed by atoms with Crippen molar-refractivity contribution in [1.82, 2.24) is 15.6 Å². The summed E-state index contributed by atoms with van der Waals surface area (Å²) >= 11 is 5.88. The van der Waals surface area contributed by atoms with Crippen molar-refractivity contribution in [3.63, 3.8) is 0 Å². The van der Waals surface area contributed by atoms with Crippen LogP contribution in [0, 0.1) is 5.92 Å². The van der Waals surface area contributed by atoms with Crippen LogP contribution in [0.4, 0.5) is 0 Å². The normalized spacial score (nSPS) is 20.8. The van der Waals surface area contributed by atoms with Gasteiger partial charge >= 0.3 is 0 Å². The summed E-state index contributed by atoms with van der Waals surface area (Å²) in [5, 5.41) is 7.14. The third-order valence-corrected chi connectivity index (χ3v) is 4.63. The number of aryl methyl sites for hydroxylation is 1. The predicted molar refractivity (Wildman–Crippen MR) is 93.9 cm³/mol. The van der Waals surface area contributed by atoms with E-state index in [-0.39, 0.29) is 11.9 Å². The van der Waals surface area contributed by atoms with Gasteiger partial charge in [0, 0.05) is 29.5 Å². The van der Waals surface area contributed by atoms with Crippen LogP contribution in [0.1, 0.15) is 25.7 Å². The van der Waals surface area contributed by atoms with Gasteiger partial charge in [0.2, 0.25) is 5.91 Å². The van der Waals surface area contributed by atoms with Crippen molar-refractivity contribution in [2.45, 2.75) is 32.2 Å². The number of aromatic nitrogens is 1. The van der Waals surface area contributed by atoms with Crippen LogP contribution in [0.15, 0.2) is 34.9 Å². The lowest BCUT2D eigenvalue weighted by molar-refractivity contribution is -0.122. The molecule has 1 aliphatic heterocycles. The average Bonchev–Trinajstić information content (AvgIpc) is 3.05. The van der Waals surface area contributed by atoms with Crippen LogP contribution in [0.5, 0.6) is 0 Å². The number of amides is 1. The number of oxazole rings is 1. The van der Waals surface area contributed by atoms with E-state index >= 15 is 0 Å². The fraction of sp³-hybridized carbons (Fsp3) is 0.444. The number of nitrogens with one attached hydrogen (secondary N) is 2. The number of benzene rings is 1. The van der Waals surface area contributed by atoms with Gasteiger partial charge in [-0.1, -0.05) is 18.5 Å². The molecule has 2 aromatic rings. The van der Waals surface area contributed by atoms with Crippen molar-refractivity contribution in [3.05, 3.63) is 41.4 Å². The number of hydrogen-bond acceptors (Lipinski definition) is 4. The lowest BCUT2D eigenvalue weighted by atomic mass is 9.95. The summed E-state index contributed by atoms with van der Waals surface area (Å²) < 4.78 is 5.73. The van der Waals surface area contributed by atoms with Crippen molar-refractivity contribution < 1.29 is 9.21 Å². The number of carbonyl (C=O) groups excluding carboxylic acids is 1. The van der Waals surface area contributed by atoms with Crippen molar-refractivity contribution >= 4 is 17.5 Å². The van der Waals surface area contributed by atoms with Crippen molar-refractivity contribution in [3.8, 4) is 11.3 Å². The molecule has 0 saturated carbocycles. The molecule has 1 fully saturated rings. The van der Waals surface area contributed by atoms with Crippen LogP contribution in [0.2, 0.25) is 5.02 Å². The van der Waals surface area contributed by atoms with E-state index in [1.165, 1.54) is 0 Å². The fourth-order valence-corrected chi connectivity index (χ4v) is 3.03. The minimum Gasteiger partial charge on any atom is -0.441 e. The van der Waals surface area contributed by atoms with Crippen LogP contribution in [-0.2, 0) is 11.2 Å². The number of rotatable bonds is 5. The highest BCUT2D eigenvalue weighted by atomic mass is 35.5. The predicted octanol–water partition coefficient (Wildman–Crippen LogP) is 3.04. The van der Waals surface area contributed by atoms with Gasteiger partial charge in [-0.15, -0.1) is 0 Å². The first-order valence-corrected chi connectivity index (χ1v) is 8.70. The maximum absolute atomic E-state index is 12.1. The van der Waals surface area contributed by atoms with Crippen LogP contribution in [0.3, 0.4) is 0 Å². The fourth-order valence-electron chi connectivity index (χ4n) is 2.90. The zero-order chi connectivity index (χ0) is 16.9. The van der Waals surface area contributed by atoms with E-state index in [0.717, 1.165) is 25.1 Å². The summed E-state index contributed by atoms with van der Waals surface area (Å²) in [7, 11) is 0. The van der Waals surface area contributed by atoms with Gasteiger partial charge in [0.1, 0.15) is 0 Å². The summed E-state index contributed by atoms with van der Waals surface area (Å²) in [5.41, 5.74) is 0.922. The number of piperidine rings is 1. The molecule has 128 valence electrons. The Labute approximate surface area is 146 Å². The lowest BCUT2D eigenvalue weighted by Crippen LogP contribution is -2.48. The molecule has 24 heavy (non-hydrogen) atoms. The molecule has 1 aliphatic rings. The molecule has 2 N–H and O–H groups in total. The highest BCUT2D eigenvalue weighted by Crippen LogP contribution is 2.22. The number of halogens is 1. The summed E-state index contributed by atoms with van der Waals surface area (Å²) in [5.74, 6) is 1.78. The van der Waals surface area contributed by atoms with Crippen molar-refractivity contribution in [2.24, 2.45) is 5.92 Å². The lowest BCUT2D eigenvalue weighted by Gasteiger charge is -2.30. The second-order valence-corrected chi connectivity index (χ2v) is 6.71. The Kier molecular flexibility index (Phi) is 5.53. The van der Waals surface area contributed by atoms with Crippen LogP contribution in [-0.4, -0.2) is 30.0 Å². The van der Waals surface area contributed by atoms with Crippen molar-refractivity contribution in [1.29, 1.82) is 0 Å². The molecule has 1 amide bonds. The second-order valence-electron chi connectivity index (χ2n) is 6.27. The van der Waals surface area contributed by atoms with Gasteiger partial charge in [0.25, 0.3) is 0 Å². The largest absolute Gasteiger partial charge is 0.441 e. The topological polar surface area (TPSA) is 67.2 Å². The van der Waals surface area contributed by atoms with E-state index in [2.05, 4.69) is 22.5 Å². The molecule has 0 spiro atoms. The quantitative estimate of drug-likeness (QED) is 0.872. The highest BCUT2D eigenvalue weighted by molar-refractivity contribution is 6.30. The Bertz CT molecular complexity index is 684. The van der Waals surface area contributed by atoms with E-state index in [4.69, 9.17) is 16.0 Å². The molecule has 2 heterocycles. The molecule has 2 atom stereocenters. The Hall–Kier alpha value is -1.85. The molecule has 1 saturated heterocycles. The minimum atomic E-state index is 0.0555. The Morgan fingerprint density at radius 1 is 1.42 bits per heavy atom. The second kappa shape index (κ2) is 7.81. The summed E-state index contributed by atoms with van der Waals surface area (Å²) in [4.78, 5) is 16.4. The third-order valence-electron chi connectivity index (χ3n) is 4.38. The molecular weight excluding hydrogens is 326 g/mol. The maximum atomic E-state index is 12.1. The van der Waals surface area contributed by atoms with Crippen LogP contribution >= 0.6 is 11.6 Å². The molecule has 0 aliphatic carbocycles. The summed E-state index contributed by atoms with van der Waals surface area (Å²) in [6.07, 6.45) is 3.55. The number of carbonyl (C=O) groups is 1. The van der Waals surface area contributed by atoms with Crippen LogP contribution in [0.25, 0.3) is 11.3 Å². The number of nitrogens with zero attached hydrogens (tertiary/aromatic N) is 1. The molecule has 0 radical (unpaired) electrons. The first-order valence-electron chi connectivity index (χ1n) is 8.32. The molecule has 3 rings (SSSR count). The van der Waals surface area contributed by atoms with E-state index in [0.29, 0.717) is 35.4 Å². The summed E-state index contributed by atoms with van der Waals surface area (Å²) in [6, 6.07) is 7.66. The maximum Gasteiger partial charge on any atom is 0.220 e. The van der Waals surface area contributed by atoms with Crippen LogP contribution < -0.4 is 10.6 Å². The smallest absolute Gasteiger partial charge is 0.220 e. The molecule has 2 unspecified atom stereocenters. The standard InChI is InChI=1S/C18H22ClN3O2/c1-12-10-20-9-8-15(12)22-17(23)6-7-18-21-11-16(24-18)13-2-4-14(19)5-3-13/h2-5,11-12,15,20H,6-10H2,1H3,(H,22,23). The van der Waals surface area contributed by atoms with Gasteiger partial charge in [-0.25, -0.2) is 4.98 Å². The minimum absolute atomic E-state index is 0.0555. The van der Waals surface area contributed by atoms with E-state index in [1.807, 2.05) is 24.3 Å². The van der Waals surface area contributed by atoms with Gasteiger partial charge in [-0.3, -0.25) is 4.79 Å². The number of hydrogen-bond donors (Lipinski definition) is 2. The van der Waals surface area contributed by atoms with Gasteiger partial charge in [-0.2, -0.15) is 0 Å². The average molecular weight is 348 g/mol. The van der Waals surface area contributed by atoms with E-state index in [1.54, 1.807) is 6.20 Å². The Morgan fingerprint density at radius 2 is 2.21 bits per heavy atom. The Morgan fingerprint density at radius 3 is 2.96 bits per heavy atom. The van der Waals surface area contributed by atoms with Gasteiger partial charge in [0.15, 0.2) is 11.7 Å². The first-order chi connectivity index (χ1) is 11.6. The molecule has 1 aromatic heterocycles. The highest BCUT2D eigenvalue weighted by Gasteiger charge is 2.22. The molecular formula is C18H22ClN3O2. The zero-order valence-corrected chi connectivity index (χ0v) is 14.5. The first kappa shape index (κ1) is 17.0. The molecule has 0 bridgehead atoms. The van der Waals surface area contributed by atoms with Gasteiger partial charge in [0.05, 0.1) is 6.20 Å².